The fraction of sp³-hybridized carbons (Fsp3) is 0.368. The summed E-state index contributed by atoms with van der Waals surface area (Å²) in [5.41, 5.74) is 1.91. The number of carboxylic acid groups (broad SMARTS) is 1. The molecule has 0 saturated heterocycles. The van der Waals surface area contributed by atoms with E-state index in [1.807, 2.05) is 32.9 Å². The van der Waals surface area contributed by atoms with E-state index < -0.39 is 5.97 Å². The second-order valence-electron chi connectivity index (χ2n) is 6.64. The molecule has 27 heavy (non-hydrogen) atoms. The van der Waals surface area contributed by atoms with Crippen LogP contribution in [0.15, 0.2) is 24.4 Å². The number of aliphatic carboxylic acids is 1. The average Bonchev–Trinajstić information content (AvgIpc) is 3.23. The summed E-state index contributed by atoms with van der Waals surface area (Å²) in [5.74, 6) is -1.12. The monoisotopic (exact) mass is 386 g/mol. The summed E-state index contributed by atoms with van der Waals surface area (Å²) in [6.07, 6.45) is 2.08. The zero-order valence-electron chi connectivity index (χ0n) is 15.5. The minimum atomic E-state index is -0.871. The van der Waals surface area contributed by atoms with Gasteiger partial charge in [-0.1, -0.05) is 0 Å². The quantitative estimate of drug-likeness (QED) is 0.604. The number of fused-ring (bicyclic) bond motifs is 1. The molecule has 3 aromatic heterocycles. The van der Waals surface area contributed by atoms with Crippen molar-refractivity contribution in [1.82, 2.24) is 20.1 Å². The third-order valence-corrected chi connectivity index (χ3v) is 5.17. The Balaban J connectivity index is 1.99. The molecule has 7 nitrogen and oxygen atoms in total. The molecule has 0 atom stereocenters. The van der Waals surface area contributed by atoms with E-state index in [-0.39, 0.29) is 18.4 Å². The van der Waals surface area contributed by atoms with Gasteiger partial charge in [-0.05, 0) is 45.4 Å². The van der Waals surface area contributed by atoms with Crippen LogP contribution in [0.4, 0.5) is 0 Å². The second kappa shape index (κ2) is 7.87. The van der Waals surface area contributed by atoms with Gasteiger partial charge in [0.05, 0.1) is 27.7 Å². The maximum absolute atomic E-state index is 12.8. The molecule has 0 aliphatic rings. The number of nitrogens with one attached hydrogen (secondary N) is 1. The largest absolute Gasteiger partial charge is 0.481 e. The summed E-state index contributed by atoms with van der Waals surface area (Å²) in [7, 11) is 0. The predicted molar refractivity (Wildman–Crippen MR) is 105 cm³/mol. The first-order chi connectivity index (χ1) is 12.9. The second-order valence-corrected chi connectivity index (χ2v) is 7.93. The van der Waals surface area contributed by atoms with Gasteiger partial charge in [-0.25, -0.2) is 9.67 Å². The normalized spacial score (nSPS) is 11.3. The van der Waals surface area contributed by atoms with Gasteiger partial charge < -0.3 is 10.4 Å². The number of nitrogens with zero attached hydrogens (tertiary/aromatic N) is 3. The molecule has 1 amide bonds. The highest BCUT2D eigenvalue weighted by Gasteiger charge is 2.19. The van der Waals surface area contributed by atoms with Crippen LogP contribution >= 0.6 is 11.3 Å². The average molecular weight is 386 g/mol. The standard InChI is InChI=1S/C19H22N4O3S/c1-11(2)23-18-14(10-21-23)13(19(26)20-8-4-5-17(24)25)9-15(22-18)16-7-6-12(3)27-16/h6-7,9-11H,4-5,8H2,1-3H3,(H,20,26)(H,24,25). The highest BCUT2D eigenvalue weighted by Crippen LogP contribution is 2.30. The lowest BCUT2D eigenvalue weighted by molar-refractivity contribution is -0.137. The maximum Gasteiger partial charge on any atom is 0.303 e. The van der Waals surface area contributed by atoms with Crippen LogP contribution in [0.2, 0.25) is 0 Å². The molecule has 3 rings (SSSR count). The Bertz CT molecular complexity index is 990. The van der Waals surface area contributed by atoms with E-state index in [1.54, 1.807) is 28.3 Å². The summed E-state index contributed by atoms with van der Waals surface area (Å²) < 4.78 is 1.81. The SMILES string of the molecule is Cc1ccc(-c2cc(C(=O)NCCCC(=O)O)c3cnn(C(C)C)c3n2)s1. The van der Waals surface area contributed by atoms with Crippen LogP contribution in [0.5, 0.6) is 0 Å². The number of carboxylic acids is 1. The summed E-state index contributed by atoms with van der Waals surface area (Å²) in [6, 6.07) is 5.92. The number of aryl methyl sites for hydroxylation is 1. The lowest BCUT2D eigenvalue weighted by atomic mass is 10.1. The van der Waals surface area contributed by atoms with Gasteiger partial charge in [0.15, 0.2) is 5.65 Å². The van der Waals surface area contributed by atoms with Crippen molar-refractivity contribution in [2.24, 2.45) is 0 Å². The fourth-order valence-corrected chi connectivity index (χ4v) is 3.65. The molecule has 0 unspecified atom stereocenters. The van der Waals surface area contributed by atoms with Gasteiger partial charge in [0.25, 0.3) is 5.91 Å². The minimum absolute atomic E-state index is 0.0248. The van der Waals surface area contributed by atoms with Crippen molar-refractivity contribution in [3.05, 3.63) is 34.8 Å². The van der Waals surface area contributed by atoms with Gasteiger partial charge in [0.2, 0.25) is 0 Å². The van der Waals surface area contributed by atoms with Crippen LogP contribution in [0.25, 0.3) is 21.6 Å². The molecule has 3 aromatic rings. The molecule has 0 saturated carbocycles. The highest BCUT2D eigenvalue weighted by molar-refractivity contribution is 7.15. The molecule has 2 N–H and O–H groups in total. The third kappa shape index (κ3) is 4.16. The Morgan fingerprint density at radius 3 is 2.74 bits per heavy atom. The van der Waals surface area contributed by atoms with Gasteiger partial charge in [-0.2, -0.15) is 5.10 Å². The first-order valence-corrected chi connectivity index (χ1v) is 9.63. The Morgan fingerprint density at radius 1 is 1.33 bits per heavy atom. The third-order valence-electron chi connectivity index (χ3n) is 4.15. The van der Waals surface area contributed by atoms with Crippen LogP contribution < -0.4 is 5.32 Å². The number of carbonyl (C=O) groups is 2. The van der Waals surface area contributed by atoms with Gasteiger partial charge in [-0.15, -0.1) is 11.3 Å². The minimum Gasteiger partial charge on any atom is -0.481 e. The van der Waals surface area contributed by atoms with E-state index in [9.17, 15) is 9.59 Å². The molecular formula is C19H22N4O3S. The van der Waals surface area contributed by atoms with E-state index in [1.165, 1.54) is 4.88 Å². The lowest BCUT2D eigenvalue weighted by Crippen LogP contribution is -2.25. The summed E-state index contributed by atoms with van der Waals surface area (Å²) in [4.78, 5) is 30.3. The molecule has 0 aliphatic heterocycles. The Labute approximate surface area is 161 Å². The van der Waals surface area contributed by atoms with E-state index in [0.717, 1.165) is 10.6 Å². The lowest BCUT2D eigenvalue weighted by Gasteiger charge is -2.10. The van der Waals surface area contributed by atoms with Crippen molar-refractivity contribution in [1.29, 1.82) is 0 Å². The molecule has 142 valence electrons. The zero-order valence-corrected chi connectivity index (χ0v) is 16.3. The summed E-state index contributed by atoms with van der Waals surface area (Å²) in [6.45, 7) is 6.37. The van der Waals surface area contributed by atoms with Gasteiger partial charge in [0.1, 0.15) is 0 Å². The van der Waals surface area contributed by atoms with E-state index in [0.29, 0.717) is 29.6 Å². The van der Waals surface area contributed by atoms with E-state index in [2.05, 4.69) is 10.4 Å². The summed E-state index contributed by atoms with van der Waals surface area (Å²) in [5, 5.41) is 16.6. The van der Waals surface area contributed by atoms with Crippen LogP contribution in [0.3, 0.4) is 0 Å². The number of pyridine rings is 1. The molecule has 0 spiro atoms. The molecule has 0 aliphatic carbocycles. The number of hydrogen-bond acceptors (Lipinski definition) is 5. The van der Waals surface area contributed by atoms with Crippen molar-refractivity contribution in [2.75, 3.05) is 6.54 Å². The Hall–Kier alpha value is -2.74. The molecule has 0 bridgehead atoms. The van der Waals surface area contributed by atoms with E-state index in [4.69, 9.17) is 10.1 Å². The zero-order chi connectivity index (χ0) is 19.6. The van der Waals surface area contributed by atoms with E-state index >= 15 is 0 Å². The van der Waals surface area contributed by atoms with Gasteiger partial charge in [-0.3, -0.25) is 9.59 Å². The van der Waals surface area contributed by atoms with Crippen LogP contribution in [0, 0.1) is 6.92 Å². The fourth-order valence-electron chi connectivity index (χ4n) is 2.82. The number of aromatic nitrogens is 3. The first-order valence-electron chi connectivity index (χ1n) is 8.82. The molecule has 3 heterocycles. The predicted octanol–water partition coefficient (Wildman–Crippen LogP) is 3.64. The Kier molecular flexibility index (Phi) is 5.55. The van der Waals surface area contributed by atoms with Crippen molar-refractivity contribution >= 4 is 34.2 Å². The van der Waals surface area contributed by atoms with Crippen molar-refractivity contribution in [3.8, 4) is 10.6 Å². The smallest absolute Gasteiger partial charge is 0.303 e. The summed E-state index contributed by atoms with van der Waals surface area (Å²) >= 11 is 1.62. The van der Waals surface area contributed by atoms with Gasteiger partial charge >= 0.3 is 5.97 Å². The van der Waals surface area contributed by atoms with Crippen molar-refractivity contribution < 1.29 is 14.7 Å². The maximum atomic E-state index is 12.8. The van der Waals surface area contributed by atoms with Crippen molar-refractivity contribution in [2.45, 2.75) is 39.7 Å². The first kappa shape index (κ1) is 19.0. The molecule has 0 radical (unpaired) electrons. The van der Waals surface area contributed by atoms with Crippen molar-refractivity contribution in [3.63, 3.8) is 0 Å². The number of rotatable bonds is 7. The number of amides is 1. The molecule has 0 fully saturated rings. The highest BCUT2D eigenvalue weighted by atomic mass is 32.1. The molecular weight excluding hydrogens is 364 g/mol. The number of thiophene rings is 1. The van der Waals surface area contributed by atoms with Crippen LogP contribution in [0.1, 0.15) is 48.0 Å². The topological polar surface area (TPSA) is 97.1 Å². The van der Waals surface area contributed by atoms with Crippen LogP contribution in [-0.2, 0) is 4.79 Å². The van der Waals surface area contributed by atoms with Crippen LogP contribution in [-0.4, -0.2) is 38.3 Å². The number of hydrogen-bond donors (Lipinski definition) is 2. The number of carbonyl (C=O) groups excluding carboxylic acids is 1. The Morgan fingerprint density at radius 2 is 2.11 bits per heavy atom. The molecule has 0 aromatic carbocycles. The molecule has 8 heteroatoms. The van der Waals surface area contributed by atoms with Gasteiger partial charge in [0, 0.05) is 23.9 Å².